The average Bonchev–Trinajstić information content (AvgIpc) is 2.25. The van der Waals surface area contributed by atoms with Crippen LogP contribution in [0.2, 0.25) is 0 Å². The lowest BCUT2D eigenvalue weighted by Gasteiger charge is -2.43. The molecule has 1 N–H and O–H groups in total. The lowest BCUT2D eigenvalue weighted by atomic mass is 10.1. The smallest absolute Gasteiger partial charge is 0.169 e. The predicted octanol–water partition coefficient (Wildman–Crippen LogP) is 1.69. The summed E-state index contributed by atoms with van der Waals surface area (Å²) in [7, 11) is 2.19. The van der Waals surface area contributed by atoms with Crippen molar-refractivity contribution in [3.63, 3.8) is 0 Å². The van der Waals surface area contributed by atoms with Crippen molar-refractivity contribution in [3.05, 3.63) is 0 Å². The van der Waals surface area contributed by atoms with Crippen LogP contribution in [0.25, 0.3) is 0 Å². The average molecular weight is 243 g/mol. The summed E-state index contributed by atoms with van der Waals surface area (Å²) in [4.78, 5) is 4.73. The molecule has 2 unspecified atom stereocenters. The number of hydrogen-bond donors (Lipinski definition) is 1. The largest absolute Gasteiger partial charge is 0.363 e. The summed E-state index contributed by atoms with van der Waals surface area (Å²) in [6.07, 6.45) is 2.41. The summed E-state index contributed by atoms with van der Waals surface area (Å²) in [5, 5.41) is 4.28. The van der Waals surface area contributed by atoms with Crippen molar-refractivity contribution < 1.29 is 0 Å². The van der Waals surface area contributed by atoms with Gasteiger partial charge in [-0.2, -0.15) is 0 Å². The molecule has 1 heterocycles. The van der Waals surface area contributed by atoms with Crippen LogP contribution in [0.4, 0.5) is 0 Å². The first kappa shape index (κ1) is 13.7. The highest BCUT2D eigenvalue weighted by Crippen LogP contribution is 2.13. The Labute approximate surface area is 105 Å². The zero-order valence-electron chi connectivity index (χ0n) is 11.0. The van der Waals surface area contributed by atoms with Gasteiger partial charge in [0.1, 0.15) is 0 Å². The molecule has 4 heteroatoms. The maximum Gasteiger partial charge on any atom is 0.169 e. The van der Waals surface area contributed by atoms with E-state index in [1.54, 1.807) is 0 Å². The molecule has 1 rings (SSSR count). The first-order chi connectivity index (χ1) is 7.56. The highest BCUT2D eigenvalue weighted by Gasteiger charge is 2.27. The Kier molecular flexibility index (Phi) is 5.49. The summed E-state index contributed by atoms with van der Waals surface area (Å²) in [5.41, 5.74) is 0. The lowest BCUT2D eigenvalue weighted by molar-refractivity contribution is 0.0983. The van der Waals surface area contributed by atoms with E-state index in [0.29, 0.717) is 12.1 Å². The Morgan fingerprint density at radius 2 is 1.88 bits per heavy atom. The van der Waals surface area contributed by atoms with Gasteiger partial charge in [-0.1, -0.05) is 13.3 Å². The van der Waals surface area contributed by atoms with Crippen molar-refractivity contribution in [2.24, 2.45) is 0 Å². The van der Waals surface area contributed by atoms with Crippen LogP contribution >= 0.6 is 12.2 Å². The van der Waals surface area contributed by atoms with Crippen molar-refractivity contribution >= 4 is 17.3 Å². The molecule has 0 spiro atoms. The second kappa shape index (κ2) is 6.40. The van der Waals surface area contributed by atoms with E-state index in [1.165, 1.54) is 12.8 Å². The summed E-state index contributed by atoms with van der Waals surface area (Å²) in [5.74, 6) is 0. The van der Waals surface area contributed by atoms with Crippen molar-refractivity contribution in [3.8, 4) is 0 Å². The van der Waals surface area contributed by atoms with Crippen LogP contribution in [0.5, 0.6) is 0 Å². The van der Waals surface area contributed by atoms with Gasteiger partial charge >= 0.3 is 0 Å². The summed E-state index contributed by atoms with van der Waals surface area (Å²) < 4.78 is 0. The number of likely N-dealkylation sites (N-methyl/N-ethyl adjacent to an activating group) is 1. The molecule has 0 saturated carbocycles. The quantitative estimate of drug-likeness (QED) is 0.600. The number of thiocarbonyl (C=S) groups is 1. The highest BCUT2D eigenvalue weighted by molar-refractivity contribution is 7.80. The maximum atomic E-state index is 5.43. The standard InChI is InChI=1S/C12H25N3S/c1-5-6-7-13-12(16)15-8-10(2)14(4)11(3)9-15/h10-11H,5-9H2,1-4H3,(H,13,16). The first-order valence-corrected chi connectivity index (χ1v) is 6.71. The van der Waals surface area contributed by atoms with Gasteiger partial charge in [-0.05, 0) is 39.5 Å². The predicted molar refractivity (Wildman–Crippen MR) is 73.8 cm³/mol. The molecule has 1 aliphatic rings. The number of nitrogens with one attached hydrogen (secondary N) is 1. The normalized spacial score (nSPS) is 26.9. The van der Waals surface area contributed by atoms with Crippen molar-refractivity contribution in [1.29, 1.82) is 0 Å². The number of hydrogen-bond acceptors (Lipinski definition) is 2. The van der Waals surface area contributed by atoms with E-state index < -0.39 is 0 Å². The fourth-order valence-electron chi connectivity index (χ4n) is 2.05. The monoisotopic (exact) mass is 243 g/mol. The van der Waals surface area contributed by atoms with E-state index in [1.807, 2.05) is 0 Å². The SMILES string of the molecule is CCCCNC(=S)N1CC(C)N(C)C(C)C1. The summed E-state index contributed by atoms with van der Waals surface area (Å²) >= 11 is 5.43. The Bertz CT molecular complexity index is 220. The first-order valence-electron chi connectivity index (χ1n) is 6.31. The summed E-state index contributed by atoms with van der Waals surface area (Å²) in [6.45, 7) is 9.81. The molecule has 94 valence electrons. The van der Waals surface area contributed by atoms with E-state index in [9.17, 15) is 0 Å². The fraction of sp³-hybridized carbons (Fsp3) is 0.917. The molecule has 16 heavy (non-hydrogen) atoms. The minimum absolute atomic E-state index is 0.578. The third-order valence-corrected chi connectivity index (χ3v) is 3.86. The number of piperazine rings is 1. The molecule has 0 aromatic heterocycles. The Morgan fingerprint density at radius 3 is 2.38 bits per heavy atom. The van der Waals surface area contributed by atoms with Crippen LogP contribution in [-0.2, 0) is 0 Å². The van der Waals surface area contributed by atoms with Gasteiger partial charge in [0, 0.05) is 31.7 Å². The number of unbranched alkanes of at least 4 members (excludes halogenated alkanes) is 1. The summed E-state index contributed by atoms with van der Waals surface area (Å²) in [6, 6.07) is 1.16. The van der Waals surface area contributed by atoms with E-state index in [2.05, 4.69) is 42.9 Å². The van der Waals surface area contributed by atoms with E-state index in [0.717, 1.165) is 24.7 Å². The van der Waals surface area contributed by atoms with Crippen LogP contribution in [0.1, 0.15) is 33.6 Å². The molecule has 0 aliphatic carbocycles. The molecule has 0 radical (unpaired) electrons. The minimum Gasteiger partial charge on any atom is -0.363 e. The molecule has 0 aromatic carbocycles. The van der Waals surface area contributed by atoms with Gasteiger partial charge in [-0.25, -0.2) is 0 Å². The van der Waals surface area contributed by atoms with Crippen molar-refractivity contribution in [2.75, 3.05) is 26.7 Å². The van der Waals surface area contributed by atoms with Gasteiger partial charge in [0.2, 0.25) is 0 Å². The molecule has 0 bridgehead atoms. The van der Waals surface area contributed by atoms with Gasteiger partial charge in [-0.15, -0.1) is 0 Å². The molecule has 2 atom stereocenters. The van der Waals surface area contributed by atoms with Gasteiger partial charge < -0.3 is 10.2 Å². The molecule has 1 saturated heterocycles. The molecule has 0 aromatic rings. The molecule has 0 amide bonds. The maximum absolute atomic E-state index is 5.43. The highest BCUT2D eigenvalue weighted by atomic mass is 32.1. The van der Waals surface area contributed by atoms with E-state index in [-0.39, 0.29) is 0 Å². The third kappa shape index (κ3) is 3.59. The molecule has 1 aliphatic heterocycles. The number of nitrogens with zero attached hydrogens (tertiary/aromatic N) is 2. The van der Waals surface area contributed by atoms with Crippen LogP contribution in [0.3, 0.4) is 0 Å². The van der Waals surface area contributed by atoms with Gasteiger partial charge in [0.25, 0.3) is 0 Å². The second-order valence-corrected chi connectivity index (χ2v) is 5.24. The van der Waals surface area contributed by atoms with Crippen molar-refractivity contribution in [2.45, 2.75) is 45.7 Å². The van der Waals surface area contributed by atoms with E-state index >= 15 is 0 Å². The molecular weight excluding hydrogens is 218 g/mol. The third-order valence-electron chi connectivity index (χ3n) is 3.45. The van der Waals surface area contributed by atoms with Crippen LogP contribution in [0, 0.1) is 0 Å². The Morgan fingerprint density at radius 1 is 1.31 bits per heavy atom. The van der Waals surface area contributed by atoms with Gasteiger partial charge in [0.05, 0.1) is 0 Å². The Balaban J connectivity index is 2.39. The van der Waals surface area contributed by atoms with Crippen molar-refractivity contribution in [1.82, 2.24) is 15.1 Å². The van der Waals surface area contributed by atoms with Gasteiger partial charge in [-0.3, -0.25) is 4.90 Å². The molecule has 3 nitrogen and oxygen atoms in total. The second-order valence-electron chi connectivity index (χ2n) is 4.85. The molecular formula is C12H25N3S. The van der Waals surface area contributed by atoms with E-state index in [4.69, 9.17) is 12.2 Å². The minimum atomic E-state index is 0.578. The zero-order chi connectivity index (χ0) is 12.1. The topological polar surface area (TPSA) is 18.5 Å². The Hall–Kier alpha value is -0.350. The van der Waals surface area contributed by atoms with Gasteiger partial charge in [0.15, 0.2) is 5.11 Å². The zero-order valence-corrected chi connectivity index (χ0v) is 11.8. The van der Waals surface area contributed by atoms with Crippen LogP contribution < -0.4 is 5.32 Å². The lowest BCUT2D eigenvalue weighted by Crippen LogP contribution is -2.58. The number of rotatable bonds is 3. The van der Waals surface area contributed by atoms with Crippen LogP contribution in [-0.4, -0.2) is 53.7 Å². The fourth-order valence-corrected chi connectivity index (χ4v) is 2.31. The van der Waals surface area contributed by atoms with Crippen LogP contribution in [0.15, 0.2) is 0 Å². The molecule has 1 fully saturated rings.